The van der Waals surface area contributed by atoms with Crippen LogP contribution in [0.15, 0.2) is 59.5 Å². The van der Waals surface area contributed by atoms with Crippen molar-refractivity contribution in [2.45, 2.75) is 4.90 Å². The number of sulfonamides is 2. The van der Waals surface area contributed by atoms with Gasteiger partial charge in [-0.3, -0.25) is 4.31 Å². The smallest absolute Gasteiger partial charge is 0.240 e. The monoisotopic (exact) mass is 384 g/mol. The Morgan fingerprint density at radius 3 is 2.28 bits per heavy atom. The summed E-state index contributed by atoms with van der Waals surface area (Å²) in [7, 11) is -5.79. The van der Waals surface area contributed by atoms with Gasteiger partial charge in [0.2, 0.25) is 20.0 Å². The number of hydrogen-bond acceptors (Lipinski definition) is 5. The summed E-state index contributed by atoms with van der Waals surface area (Å²) < 4.78 is 57.2. The third kappa shape index (κ3) is 5.18. The van der Waals surface area contributed by atoms with E-state index in [0.717, 1.165) is 10.6 Å². The molecular formula is C16H20N2O5S2. The van der Waals surface area contributed by atoms with Crippen LogP contribution in [0.25, 0.3) is 0 Å². The van der Waals surface area contributed by atoms with Gasteiger partial charge in [0.1, 0.15) is 5.75 Å². The zero-order valence-electron chi connectivity index (χ0n) is 13.9. The molecule has 2 rings (SSSR count). The van der Waals surface area contributed by atoms with Crippen LogP contribution in [0.4, 0.5) is 5.69 Å². The van der Waals surface area contributed by atoms with Gasteiger partial charge in [-0.05, 0) is 24.3 Å². The Bertz CT molecular complexity index is 913. The van der Waals surface area contributed by atoms with Crippen LogP contribution in [0.2, 0.25) is 0 Å². The summed E-state index contributed by atoms with van der Waals surface area (Å²) in [6, 6.07) is 14.5. The summed E-state index contributed by atoms with van der Waals surface area (Å²) in [4.78, 5) is 0.127. The lowest BCUT2D eigenvalue weighted by Crippen LogP contribution is -2.38. The number of methoxy groups -OCH3 is 1. The zero-order chi connectivity index (χ0) is 18.5. The van der Waals surface area contributed by atoms with Crippen LogP contribution in [0.1, 0.15) is 0 Å². The van der Waals surface area contributed by atoms with Gasteiger partial charge < -0.3 is 4.74 Å². The molecule has 0 aliphatic rings. The Labute approximate surface area is 148 Å². The molecule has 2 aromatic rings. The molecule has 0 saturated heterocycles. The maximum Gasteiger partial charge on any atom is 0.240 e. The van der Waals surface area contributed by atoms with Gasteiger partial charge >= 0.3 is 0 Å². The lowest BCUT2D eigenvalue weighted by Gasteiger charge is -2.23. The van der Waals surface area contributed by atoms with Gasteiger partial charge in [0.25, 0.3) is 0 Å². The Hall–Kier alpha value is -2.10. The van der Waals surface area contributed by atoms with Crippen molar-refractivity contribution in [1.29, 1.82) is 0 Å². The maximum atomic E-state index is 12.2. The number of anilines is 1. The first kappa shape index (κ1) is 19.2. The largest absolute Gasteiger partial charge is 0.497 e. The van der Waals surface area contributed by atoms with Crippen LogP contribution in [0.5, 0.6) is 5.75 Å². The quantitative estimate of drug-likeness (QED) is 0.743. The van der Waals surface area contributed by atoms with E-state index in [1.54, 1.807) is 42.5 Å². The fourth-order valence-electron chi connectivity index (χ4n) is 2.22. The summed E-state index contributed by atoms with van der Waals surface area (Å²) in [6.07, 6.45) is 1.07. The van der Waals surface area contributed by atoms with Crippen LogP contribution < -0.4 is 13.8 Å². The molecule has 0 fully saturated rings. The molecule has 0 amide bonds. The van der Waals surface area contributed by atoms with Crippen LogP contribution in [0.3, 0.4) is 0 Å². The fraction of sp³-hybridized carbons (Fsp3) is 0.250. The molecule has 0 aliphatic carbocycles. The van der Waals surface area contributed by atoms with Crippen molar-refractivity contribution < 1.29 is 21.6 Å². The first-order valence-electron chi connectivity index (χ1n) is 7.40. The Balaban J connectivity index is 2.14. The summed E-state index contributed by atoms with van der Waals surface area (Å²) >= 11 is 0. The molecule has 7 nitrogen and oxygen atoms in total. The van der Waals surface area contributed by atoms with Gasteiger partial charge in [-0.15, -0.1) is 0 Å². The van der Waals surface area contributed by atoms with Crippen molar-refractivity contribution in [3.63, 3.8) is 0 Å². The summed E-state index contributed by atoms with van der Waals surface area (Å²) in [6.45, 7) is -0.112. The van der Waals surface area contributed by atoms with E-state index in [9.17, 15) is 16.8 Å². The first-order valence-corrected chi connectivity index (χ1v) is 10.7. The molecule has 2 aromatic carbocycles. The van der Waals surface area contributed by atoms with Crippen molar-refractivity contribution in [1.82, 2.24) is 4.72 Å². The molecule has 0 spiro atoms. The normalized spacial score (nSPS) is 11.9. The standard InChI is InChI=1S/C16H20N2O5S2/c1-23-15-8-6-7-14(13-15)18(24(2,19)20)12-11-17-25(21,22)16-9-4-3-5-10-16/h3-10,13,17H,11-12H2,1-2H3. The highest BCUT2D eigenvalue weighted by Crippen LogP contribution is 2.22. The van der Waals surface area contributed by atoms with Crippen LogP contribution in [-0.2, 0) is 20.0 Å². The van der Waals surface area contributed by atoms with Gasteiger partial charge in [-0.25, -0.2) is 21.6 Å². The van der Waals surface area contributed by atoms with E-state index in [1.807, 2.05) is 0 Å². The zero-order valence-corrected chi connectivity index (χ0v) is 15.5. The molecule has 136 valence electrons. The third-order valence-electron chi connectivity index (χ3n) is 3.40. The molecule has 0 saturated carbocycles. The Morgan fingerprint density at radius 2 is 1.68 bits per heavy atom. The average Bonchev–Trinajstić information content (AvgIpc) is 2.58. The molecule has 0 unspecified atom stereocenters. The lowest BCUT2D eigenvalue weighted by molar-refractivity contribution is 0.415. The number of nitrogens with zero attached hydrogens (tertiary/aromatic N) is 1. The molecule has 0 atom stereocenters. The average molecular weight is 384 g/mol. The molecule has 9 heteroatoms. The van der Waals surface area contributed by atoms with E-state index in [-0.39, 0.29) is 18.0 Å². The second-order valence-electron chi connectivity index (χ2n) is 5.25. The van der Waals surface area contributed by atoms with Crippen molar-refractivity contribution in [2.24, 2.45) is 0 Å². The van der Waals surface area contributed by atoms with E-state index < -0.39 is 20.0 Å². The van der Waals surface area contributed by atoms with E-state index in [2.05, 4.69) is 4.72 Å². The van der Waals surface area contributed by atoms with E-state index >= 15 is 0 Å². The van der Waals surface area contributed by atoms with E-state index in [1.165, 1.54) is 19.2 Å². The highest BCUT2D eigenvalue weighted by atomic mass is 32.2. The predicted octanol–water partition coefficient (Wildman–Crippen LogP) is 1.44. The Kier molecular flexibility index (Phi) is 6.04. The number of benzene rings is 2. The van der Waals surface area contributed by atoms with Crippen LogP contribution in [-0.4, -0.2) is 43.3 Å². The fourth-order valence-corrected chi connectivity index (χ4v) is 4.18. The van der Waals surface area contributed by atoms with Gasteiger partial charge in [0, 0.05) is 19.2 Å². The van der Waals surface area contributed by atoms with Crippen molar-refractivity contribution in [2.75, 3.05) is 30.8 Å². The van der Waals surface area contributed by atoms with E-state index in [0.29, 0.717) is 11.4 Å². The molecule has 0 aromatic heterocycles. The molecule has 1 N–H and O–H groups in total. The first-order chi connectivity index (χ1) is 11.7. The predicted molar refractivity (Wildman–Crippen MR) is 96.8 cm³/mol. The lowest BCUT2D eigenvalue weighted by atomic mass is 10.3. The van der Waals surface area contributed by atoms with Gasteiger partial charge in [-0.1, -0.05) is 24.3 Å². The number of rotatable bonds is 8. The molecule has 25 heavy (non-hydrogen) atoms. The van der Waals surface area contributed by atoms with Gasteiger partial charge in [0.15, 0.2) is 0 Å². The minimum absolute atomic E-state index is 0.0436. The second kappa shape index (κ2) is 7.85. The van der Waals surface area contributed by atoms with Crippen LogP contribution in [0, 0.1) is 0 Å². The van der Waals surface area contributed by atoms with Crippen LogP contribution >= 0.6 is 0 Å². The summed E-state index contributed by atoms with van der Waals surface area (Å²) in [5.74, 6) is 0.510. The third-order valence-corrected chi connectivity index (χ3v) is 6.07. The summed E-state index contributed by atoms with van der Waals surface area (Å²) in [5, 5.41) is 0. The molecule has 0 radical (unpaired) electrons. The minimum Gasteiger partial charge on any atom is -0.497 e. The topological polar surface area (TPSA) is 92.8 Å². The second-order valence-corrected chi connectivity index (χ2v) is 8.92. The molecule has 0 heterocycles. The summed E-state index contributed by atoms with van der Waals surface area (Å²) in [5.41, 5.74) is 0.403. The molecule has 0 aliphatic heterocycles. The van der Waals surface area contributed by atoms with Crippen molar-refractivity contribution in [3.05, 3.63) is 54.6 Å². The van der Waals surface area contributed by atoms with Gasteiger partial charge in [0.05, 0.1) is 23.9 Å². The number of hydrogen-bond donors (Lipinski definition) is 1. The number of ether oxygens (including phenoxy) is 1. The van der Waals surface area contributed by atoms with Crippen molar-refractivity contribution >= 4 is 25.7 Å². The SMILES string of the molecule is COc1cccc(N(CCNS(=O)(=O)c2ccccc2)S(C)(=O)=O)c1. The number of nitrogens with one attached hydrogen (secondary N) is 1. The van der Waals surface area contributed by atoms with Gasteiger partial charge in [-0.2, -0.15) is 0 Å². The molecule has 0 bridgehead atoms. The highest BCUT2D eigenvalue weighted by Gasteiger charge is 2.19. The molecular weight excluding hydrogens is 364 g/mol. The van der Waals surface area contributed by atoms with Crippen molar-refractivity contribution in [3.8, 4) is 5.75 Å². The Morgan fingerprint density at radius 1 is 1.00 bits per heavy atom. The highest BCUT2D eigenvalue weighted by molar-refractivity contribution is 7.92. The maximum absolute atomic E-state index is 12.2. The van der Waals surface area contributed by atoms with E-state index in [4.69, 9.17) is 4.74 Å². The minimum atomic E-state index is -3.69.